The average Bonchev–Trinajstić information content (AvgIpc) is 3.20. The molecule has 0 fully saturated rings. The van der Waals surface area contributed by atoms with Crippen molar-refractivity contribution in [3.63, 3.8) is 0 Å². The van der Waals surface area contributed by atoms with Gasteiger partial charge in [-0.3, -0.25) is 14.2 Å². The first-order valence-electron chi connectivity index (χ1n) is 6.92. The molecule has 0 radical (unpaired) electrons. The highest BCUT2D eigenvalue weighted by molar-refractivity contribution is 5.25. The summed E-state index contributed by atoms with van der Waals surface area (Å²) in [6, 6.07) is 2.69. The molecule has 0 saturated carbocycles. The van der Waals surface area contributed by atoms with Crippen LogP contribution in [0, 0.1) is 21.7 Å². The summed E-state index contributed by atoms with van der Waals surface area (Å²) in [4.78, 5) is 23.5. The van der Waals surface area contributed by atoms with Crippen molar-refractivity contribution in [3.05, 3.63) is 70.8 Å². The lowest BCUT2D eigenvalue weighted by molar-refractivity contribution is -0.786. The van der Waals surface area contributed by atoms with Gasteiger partial charge in [0.05, 0.1) is 13.1 Å². The third kappa shape index (κ3) is 3.57. The van der Waals surface area contributed by atoms with Gasteiger partial charge in [0.15, 0.2) is 5.60 Å². The molecular formula is C13H11F2N7O3. The van der Waals surface area contributed by atoms with Gasteiger partial charge >= 0.3 is 0 Å². The molecular weight excluding hydrogens is 340 g/mol. The Morgan fingerprint density at radius 2 is 1.72 bits per heavy atom. The summed E-state index contributed by atoms with van der Waals surface area (Å²) in [6.45, 7) is -0.535. The second-order valence-electron chi connectivity index (χ2n) is 5.12. The van der Waals surface area contributed by atoms with E-state index in [1.165, 1.54) is 34.7 Å². The molecule has 0 N–H and O–H groups in total. The van der Waals surface area contributed by atoms with E-state index < -0.39 is 22.3 Å². The minimum Gasteiger partial charge on any atom is -0.298 e. The summed E-state index contributed by atoms with van der Waals surface area (Å²) in [5.41, 5.74) is -2.10. The van der Waals surface area contributed by atoms with Gasteiger partial charge in [-0.25, -0.2) is 18.7 Å². The average molecular weight is 351 g/mol. The van der Waals surface area contributed by atoms with E-state index >= 15 is 0 Å². The minimum atomic E-state index is -1.87. The molecule has 2 heterocycles. The summed E-state index contributed by atoms with van der Waals surface area (Å²) < 4.78 is 30.2. The monoisotopic (exact) mass is 351 g/mol. The van der Waals surface area contributed by atoms with E-state index in [2.05, 4.69) is 20.2 Å². The first-order valence-corrected chi connectivity index (χ1v) is 6.92. The third-order valence-electron chi connectivity index (χ3n) is 3.44. The standard InChI is InChI=1S/C13H11F2N7O3/c14-10-1-2-11(12(15)3-10)13(25-22(23)24,4-20-8-16-6-18-20)5-21-9-17-7-19-21/h1-3,6-9H,4-5H2. The molecule has 0 aliphatic carbocycles. The number of rotatable bonds is 7. The van der Waals surface area contributed by atoms with Crippen molar-refractivity contribution < 1.29 is 18.7 Å². The van der Waals surface area contributed by atoms with E-state index in [-0.39, 0.29) is 18.7 Å². The molecule has 0 amide bonds. The fourth-order valence-electron chi connectivity index (χ4n) is 2.48. The molecule has 2 aromatic heterocycles. The van der Waals surface area contributed by atoms with E-state index in [9.17, 15) is 18.9 Å². The maximum Gasteiger partial charge on any atom is 0.295 e. The van der Waals surface area contributed by atoms with Gasteiger partial charge in [0.1, 0.15) is 36.9 Å². The number of benzene rings is 1. The van der Waals surface area contributed by atoms with Crippen molar-refractivity contribution in [2.45, 2.75) is 18.7 Å². The van der Waals surface area contributed by atoms with Gasteiger partial charge in [-0.2, -0.15) is 10.2 Å². The molecule has 10 nitrogen and oxygen atoms in total. The highest BCUT2D eigenvalue weighted by Gasteiger charge is 2.41. The van der Waals surface area contributed by atoms with E-state index in [4.69, 9.17) is 4.84 Å². The Kier molecular flexibility index (Phi) is 4.33. The van der Waals surface area contributed by atoms with E-state index in [1.807, 2.05) is 0 Å². The maximum atomic E-state index is 14.4. The molecule has 0 saturated heterocycles. The van der Waals surface area contributed by atoms with Gasteiger partial charge in [0.2, 0.25) is 0 Å². The SMILES string of the molecule is O=[N+]([O-])OC(Cn1cncn1)(Cn1cncn1)c1ccc(F)cc1F. The number of hydrogen-bond donors (Lipinski definition) is 0. The lowest BCUT2D eigenvalue weighted by Crippen LogP contribution is -2.42. The van der Waals surface area contributed by atoms with Gasteiger partial charge in [0.25, 0.3) is 5.09 Å². The Labute approximate surface area is 138 Å². The normalized spacial score (nSPS) is 11.4. The summed E-state index contributed by atoms with van der Waals surface area (Å²) >= 11 is 0. The summed E-state index contributed by atoms with van der Waals surface area (Å²) in [5.74, 6) is -1.82. The fraction of sp³-hybridized carbons (Fsp3) is 0.231. The minimum absolute atomic E-state index is 0.225. The summed E-state index contributed by atoms with van der Waals surface area (Å²) in [7, 11) is 0. The number of halogens is 2. The van der Waals surface area contributed by atoms with E-state index in [0.29, 0.717) is 6.07 Å². The van der Waals surface area contributed by atoms with Crippen LogP contribution in [0.4, 0.5) is 8.78 Å². The molecule has 0 aliphatic rings. The molecule has 12 heteroatoms. The maximum absolute atomic E-state index is 14.4. The van der Waals surface area contributed by atoms with Crippen LogP contribution in [0.15, 0.2) is 43.5 Å². The molecule has 1 aromatic carbocycles. The van der Waals surface area contributed by atoms with Gasteiger partial charge in [-0.1, -0.05) is 6.07 Å². The van der Waals surface area contributed by atoms with Crippen molar-refractivity contribution in [1.82, 2.24) is 29.5 Å². The quantitative estimate of drug-likeness (QED) is 0.460. The molecule has 3 aromatic rings. The van der Waals surface area contributed by atoms with Crippen LogP contribution in [0.5, 0.6) is 0 Å². The summed E-state index contributed by atoms with van der Waals surface area (Å²) in [6.07, 6.45) is 5.02. The second-order valence-corrected chi connectivity index (χ2v) is 5.12. The zero-order valence-corrected chi connectivity index (χ0v) is 12.6. The van der Waals surface area contributed by atoms with Gasteiger partial charge in [-0.05, 0) is 6.07 Å². The predicted molar refractivity (Wildman–Crippen MR) is 76.2 cm³/mol. The Hall–Kier alpha value is -3.44. The highest BCUT2D eigenvalue weighted by atomic mass is 19.1. The third-order valence-corrected chi connectivity index (χ3v) is 3.44. The molecule has 0 spiro atoms. The molecule has 0 unspecified atom stereocenters. The van der Waals surface area contributed by atoms with Gasteiger partial charge in [-0.15, -0.1) is 10.1 Å². The zero-order valence-electron chi connectivity index (χ0n) is 12.6. The Balaban J connectivity index is 2.13. The highest BCUT2D eigenvalue weighted by Crippen LogP contribution is 2.32. The molecule has 0 bridgehead atoms. The largest absolute Gasteiger partial charge is 0.298 e. The van der Waals surface area contributed by atoms with Crippen LogP contribution in [-0.4, -0.2) is 34.6 Å². The molecule has 25 heavy (non-hydrogen) atoms. The lowest BCUT2D eigenvalue weighted by atomic mass is 9.92. The van der Waals surface area contributed by atoms with Crippen molar-refractivity contribution in [1.29, 1.82) is 0 Å². The smallest absolute Gasteiger partial charge is 0.295 e. The van der Waals surface area contributed by atoms with Crippen molar-refractivity contribution in [2.24, 2.45) is 0 Å². The van der Waals surface area contributed by atoms with Crippen LogP contribution in [0.1, 0.15) is 5.56 Å². The number of aromatic nitrogens is 6. The predicted octanol–water partition coefficient (Wildman–Crippen LogP) is 0.952. The van der Waals surface area contributed by atoms with E-state index in [0.717, 1.165) is 12.1 Å². The van der Waals surface area contributed by atoms with Crippen LogP contribution in [0.3, 0.4) is 0 Å². The molecule has 130 valence electrons. The van der Waals surface area contributed by atoms with Crippen molar-refractivity contribution in [3.8, 4) is 0 Å². The van der Waals surface area contributed by atoms with Crippen LogP contribution < -0.4 is 0 Å². The van der Waals surface area contributed by atoms with Gasteiger partial charge < -0.3 is 0 Å². The summed E-state index contributed by atoms with van der Waals surface area (Å²) in [5, 5.41) is 17.8. The Morgan fingerprint density at radius 3 is 2.16 bits per heavy atom. The van der Waals surface area contributed by atoms with Crippen LogP contribution in [0.2, 0.25) is 0 Å². The molecule has 0 atom stereocenters. The van der Waals surface area contributed by atoms with Crippen LogP contribution >= 0.6 is 0 Å². The van der Waals surface area contributed by atoms with Crippen LogP contribution in [0.25, 0.3) is 0 Å². The molecule has 3 rings (SSSR count). The van der Waals surface area contributed by atoms with Crippen molar-refractivity contribution in [2.75, 3.05) is 0 Å². The van der Waals surface area contributed by atoms with E-state index in [1.54, 1.807) is 0 Å². The second kappa shape index (κ2) is 6.59. The Bertz CT molecular complexity index is 818. The Morgan fingerprint density at radius 1 is 1.12 bits per heavy atom. The topological polar surface area (TPSA) is 114 Å². The zero-order chi connectivity index (χ0) is 17.9. The van der Waals surface area contributed by atoms with Crippen molar-refractivity contribution >= 4 is 0 Å². The van der Waals surface area contributed by atoms with Gasteiger partial charge in [0, 0.05) is 11.6 Å². The number of nitrogens with zero attached hydrogens (tertiary/aromatic N) is 7. The fourth-order valence-corrected chi connectivity index (χ4v) is 2.48. The number of hydrogen-bond acceptors (Lipinski definition) is 7. The lowest BCUT2D eigenvalue weighted by Gasteiger charge is -2.31. The first kappa shape index (κ1) is 16.4. The first-order chi connectivity index (χ1) is 12.0. The molecule has 0 aliphatic heterocycles. The van der Waals surface area contributed by atoms with Crippen LogP contribution in [-0.2, 0) is 23.5 Å².